The molecule has 1 rings (SSSR count). The molecule has 2 N–H and O–H groups in total. The number of rotatable bonds is 8. The highest BCUT2D eigenvalue weighted by atomic mass is 35.5. The highest BCUT2D eigenvalue weighted by molar-refractivity contribution is 7.87. The Morgan fingerprint density at radius 1 is 1.52 bits per heavy atom. The van der Waals surface area contributed by atoms with Crippen molar-refractivity contribution in [1.82, 2.24) is 14.6 Å². The van der Waals surface area contributed by atoms with E-state index in [1.54, 1.807) is 0 Å². The average Bonchev–Trinajstić information content (AvgIpc) is 2.49. The first-order valence-electron chi connectivity index (χ1n) is 6.97. The van der Waals surface area contributed by atoms with E-state index in [1.807, 2.05) is 16.8 Å². The first kappa shape index (κ1) is 21.2. The number of carbonyl (C=O) groups is 1. The molecule has 0 fully saturated rings. The minimum Gasteiger partial charge on any atom is -0.268 e. The molecule has 1 aromatic carbocycles. The number of nitrogens with one attached hydrogen (secondary N) is 2. The number of hydrogen-bond donors (Lipinski definition) is 2. The van der Waals surface area contributed by atoms with E-state index < -0.39 is 21.9 Å². The van der Waals surface area contributed by atoms with Crippen LogP contribution in [-0.2, 0) is 10.2 Å². The molecule has 0 saturated heterocycles. The van der Waals surface area contributed by atoms with Crippen molar-refractivity contribution in [3.63, 3.8) is 0 Å². The van der Waals surface area contributed by atoms with E-state index in [4.69, 9.17) is 11.6 Å². The Balaban J connectivity index is 3.18. The number of amides is 1. The lowest BCUT2D eigenvalue weighted by atomic mass is 10.2. The van der Waals surface area contributed by atoms with Crippen LogP contribution in [0.4, 0.5) is 10.1 Å². The van der Waals surface area contributed by atoms with Crippen molar-refractivity contribution in [3.8, 4) is 0 Å². The Bertz CT molecular complexity index is 839. The van der Waals surface area contributed by atoms with Gasteiger partial charge in [-0.3, -0.25) is 4.79 Å². The number of hydrazine groups is 1. The first-order valence-corrected chi connectivity index (χ1v) is 9.20. The van der Waals surface area contributed by atoms with Gasteiger partial charge in [0.25, 0.3) is 5.91 Å². The number of aliphatic imine (C=N–C) groups is 1. The second-order valence-electron chi connectivity index (χ2n) is 4.83. The van der Waals surface area contributed by atoms with Crippen LogP contribution in [0.3, 0.4) is 0 Å². The third kappa shape index (κ3) is 5.58. The number of carbonyl (C=O) groups excluding carboxylic acids is 1. The van der Waals surface area contributed by atoms with E-state index in [0.717, 1.165) is 16.5 Å². The van der Waals surface area contributed by atoms with Gasteiger partial charge in [0.2, 0.25) is 0 Å². The zero-order chi connectivity index (χ0) is 19.2. The van der Waals surface area contributed by atoms with Gasteiger partial charge >= 0.3 is 10.2 Å². The van der Waals surface area contributed by atoms with Crippen molar-refractivity contribution in [2.75, 3.05) is 6.54 Å². The zero-order valence-electron chi connectivity index (χ0n) is 13.5. The van der Waals surface area contributed by atoms with Crippen LogP contribution in [0.5, 0.6) is 0 Å². The standard InChI is InChI=1S/C14H16ClFN4O3S2/c1-4-5-18-20(9(2)3)25(22,23)19-14(21)10-6-13(17-8-24)12(16)7-11(10)15/h6-7,18H,2,4-5H2,1,3H3,(H,19,21). The van der Waals surface area contributed by atoms with Gasteiger partial charge in [0.05, 0.1) is 15.7 Å². The van der Waals surface area contributed by atoms with Crippen molar-refractivity contribution < 1.29 is 17.6 Å². The molecule has 0 spiro atoms. The monoisotopic (exact) mass is 406 g/mol. The van der Waals surface area contributed by atoms with Gasteiger partial charge in [0, 0.05) is 12.2 Å². The van der Waals surface area contributed by atoms with Crippen LogP contribution in [0.2, 0.25) is 5.02 Å². The molecule has 136 valence electrons. The SMILES string of the molecule is C=C(C)N(NCCC)S(=O)(=O)NC(=O)c1cc(N=C=S)c(F)cc1Cl. The molecule has 1 aromatic rings. The molecule has 0 unspecified atom stereocenters. The van der Waals surface area contributed by atoms with Crippen LogP contribution in [-0.4, -0.2) is 30.4 Å². The minimum absolute atomic E-state index is 0.143. The number of allylic oxidation sites excluding steroid dienone is 1. The number of halogens is 2. The van der Waals surface area contributed by atoms with E-state index >= 15 is 0 Å². The van der Waals surface area contributed by atoms with Crippen LogP contribution in [0, 0.1) is 5.82 Å². The lowest BCUT2D eigenvalue weighted by Crippen LogP contribution is -2.49. The van der Waals surface area contributed by atoms with E-state index in [-0.39, 0.29) is 22.0 Å². The van der Waals surface area contributed by atoms with Gasteiger partial charge in [-0.2, -0.15) is 17.8 Å². The summed E-state index contributed by atoms with van der Waals surface area (Å²) < 4.78 is 40.9. The summed E-state index contributed by atoms with van der Waals surface area (Å²) in [7, 11) is -4.29. The second kappa shape index (κ2) is 9.02. The maximum absolute atomic E-state index is 13.6. The Morgan fingerprint density at radius 3 is 2.68 bits per heavy atom. The number of thiocarbonyl (C=S) groups is 1. The van der Waals surface area contributed by atoms with Gasteiger partial charge in [0.1, 0.15) is 5.69 Å². The lowest BCUT2D eigenvalue weighted by molar-refractivity contribution is 0.0979. The Kier molecular flexibility index (Phi) is 7.65. The van der Waals surface area contributed by atoms with Gasteiger partial charge in [-0.15, -0.1) is 0 Å². The largest absolute Gasteiger partial charge is 0.339 e. The number of nitrogens with zero attached hydrogens (tertiary/aromatic N) is 2. The van der Waals surface area contributed by atoms with E-state index in [1.165, 1.54) is 6.92 Å². The van der Waals surface area contributed by atoms with E-state index in [2.05, 4.69) is 29.2 Å². The van der Waals surface area contributed by atoms with Crippen molar-refractivity contribution in [2.45, 2.75) is 20.3 Å². The molecule has 25 heavy (non-hydrogen) atoms. The van der Waals surface area contributed by atoms with Gasteiger partial charge in [-0.1, -0.05) is 25.1 Å². The van der Waals surface area contributed by atoms with Crippen LogP contribution >= 0.6 is 23.8 Å². The Morgan fingerprint density at radius 2 is 2.16 bits per heavy atom. The quantitative estimate of drug-likeness (QED) is 0.393. The molecule has 11 heteroatoms. The number of hydrogen-bond acceptors (Lipinski definition) is 6. The summed E-state index contributed by atoms with van der Waals surface area (Å²) >= 11 is 10.2. The molecule has 0 aromatic heterocycles. The van der Waals surface area contributed by atoms with Gasteiger partial charge in [-0.05, 0) is 37.7 Å². The van der Waals surface area contributed by atoms with Crippen molar-refractivity contribution in [2.24, 2.45) is 4.99 Å². The normalized spacial score (nSPS) is 10.7. The fourth-order valence-electron chi connectivity index (χ4n) is 1.70. The molecule has 0 aliphatic rings. The summed E-state index contributed by atoms with van der Waals surface area (Å²) in [6.45, 7) is 7.17. The molecule has 0 bridgehead atoms. The summed E-state index contributed by atoms with van der Waals surface area (Å²) in [6.07, 6.45) is 0.649. The molecule has 0 saturated carbocycles. The average molecular weight is 407 g/mol. The van der Waals surface area contributed by atoms with Crippen LogP contribution < -0.4 is 10.1 Å². The molecular weight excluding hydrogens is 391 g/mol. The maximum Gasteiger partial charge on any atom is 0.339 e. The van der Waals surface area contributed by atoms with E-state index in [9.17, 15) is 17.6 Å². The number of isothiocyanates is 1. The van der Waals surface area contributed by atoms with Crippen LogP contribution in [0.1, 0.15) is 30.6 Å². The van der Waals surface area contributed by atoms with Crippen LogP contribution in [0.15, 0.2) is 29.4 Å². The highest BCUT2D eigenvalue weighted by Gasteiger charge is 2.26. The fourth-order valence-corrected chi connectivity index (χ4v) is 3.14. The van der Waals surface area contributed by atoms with Crippen LogP contribution in [0.25, 0.3) is 0 Å². The predicted molar refractivity (Wildman–Crippen MR) is 97.4 cm³/mol. The summed E-state index contributed by atoms with van der Waals surface area (Å²) in [5.74, 6) is -1.88. The molecule has 0 atom stereocenters. The first-order chi connectivity index (χ1) is 11.6. The molecule has 0 heterocycles. The summed E-state index contributed by atoms with van der Waals surface area (Å²) in [4.78, 5) is 15.7. The Hall–Kier alpha value is -1.84. The molecule has 7 nitrogen and oxygen atoms in total. The minimum atomic E-state index is -4.29. The lowest BCUT2D eigenvalue weighted by Gasteiger charge is -2.24. The maximum atomic E-state index is 13.6. The second-order valence-corrected chi connectivity index (χ2v) is 6.94. The van der Waals surface area contributed by atoms with Gasteiger partial charge in [-0.25, -0.2) is 14.5 Å². The Labute approximate surface area is 155 Å². The highest BCUT2D eigenvalue weighted by Crippen LogP contribution is 2.26. The molecule has 0 radical (unpaired) electrons. The van der Waals surface area contributed by atoms with E-state index in [0.29, 0.717) is 13.0 Å². The van der Waals surface area contributed by atoms with Crippen molar-refractivity contribution in [1.29, 1.82) is 0 Å². The fraction of sp³-hybridized carbons (Fsp3) is 0.286. The summed E-state index contributed by atoms with van der Waals surface area (Å²) in [5.41, 5.74) is 2.19. The smallest absolute Gasteiger partial charge is 0.268 e. The molecule has 0 aliphatic carbocycles. The zero-order valence-corrected chi connectivity index (χ0v) is 15.9. The van der Waals surface area contributed by atoms with Gasteiger partial charge in [0.15, 0.2) is 5.82 Å². The van der Waals surface area contributed by atoms with Crippen molar-refractivity contribution in [3.05, 3.63) is 40.8 Å². The summed E-state index contributed by atoms with van der Waals surface area (Å²) in [6, 6.07) is 1.81. The van der Waals surface area contributed by atoms with Gasteiger partial charge < -0.3 is 0 Å². The molecular formula is C14H16ClFN4O3S2. The third-order valence-electron chi connectivity index (χ3n) is 2.76. The molecule has 1 amide bonds. The predicted octanol–water partition coefficient (Wildman–Crippen LogP) is 2.94. The third-order valence-corrected chi connectivity index (χ3v) is 4.53. The molecule has 0 aliphatic heterocycles. The topological polar surface area (TPSA) is 90.9 Å². The van der Waals surface area contributed by atoms with Crippen molar-refractivity contribution >= 4 is 50.8 Å². The number of benzene rings is 1. The summed E-state index contributed by atoms with van der Waals surface area (Å²) in [5, 5.41) is 1.68.